The summed E-state index contributed by atoms with van der Waals surface area (Å²) in [5.41, 5.74) is 5.32. The summed E-state index contributed by atoms with van der Waals surface area (Å²) in [6.07, 6.45) is 7.97. The van der Waals surface area contributed by atoms with Gasteiger partial charge in [-0.1, -0.05) is 12.2 Å². The largest absolute Gasteiger partial charge is 0.374 e. The highest BCUT2D eigenvalue weighted by atomic mass is 16.5. The van der Waals surface area contributed by atoms with Gasteiger partial charge in [-0.25, -0.2) is 0 Å². The molecule has 0 aromatic rings. The van der Waals surface area contributed by atoms with Gasteiger partial charge >= 0.3 is 0 Å². The Morgan fingerprint density at radius 1 is 1.60 bits per heavy atom. The maximum atomic E-state index is 5.37. The van der Waals surface area contributed by atoms with Crippen molar-refractivity contribution in [1.82, 2.24) is 0 Å². The molecule has 0 amide bonds. The van der Waals surface area contributed by atoms with Gasteiger partial charge in [0.15, 0.2) is 0 Å². The van der Waals surface area contributed by atoms with E-state index in [-0.39, 0.29) is 0 Å². The van der Waals surface area contributed by atoms with Gasteiger partial charge in [0.05, 0.1) is 6.10 Å². The summed E-state index contributed by atoms with van der Waals surface area (Å²) in [6, 6.07) is 0. The van der Waals surface area contributed by atoms with Crippen LogP contribution in [0, 0.1) is 0 Å². The number of rotatable bonds is 3. The summed E-state index contributed by atoms with van der Waals surface area (Å²) in [6.45, 7) is 1.67. The van der Waals surface area contributed by atoms with Crippen LogP contribution in [-0.4, -0.2) is 19.3 Å². The van der Waals surface area contributed by atoms with E-state index in [9.17, 15) is 0 Å². The number of ether oxygens (including phenoxy) is 1. The predicted octanol–water partition coefficient (Wildman–Crippen LogP) is 1.07. The summed E-state index contributed by atoms with van der Waals surface area (Å²) in [4.78, 5) is 0. The SMILES string of the molecule is NCC/C=C/C1CCCO1. The van der Waals surface area contributed by atoms with Crippen molar-refractivity contribution in [2.75, 3.05) is 13.2 Å². The Labute approximate surface area is 62.1 Å². The van der Waals surface area contributed by atoms with Crippen molar-refractivity contribution >= 4 is 0 Å². The molecule has 1 unspecified atom stereocenters. The van der Waals surface area contributed by atoms with Crippen LogP contribution in [0.4, 0.5) is 0 Å². The van der Waals surface area contributed by atoms with E-state index in [0.29, 0.717) is 6.10 Å². The third-order valence-electron chi connectivity index (χ3n) is 1.65. The first-order chi connectivity index (χ1) is 4.93. The van der Waals surface area contributed by atoms with Crippen LogP contribution in [0.3, 0.4) is 0 Å². The zero-order chi connectivity index (χ0) is 7.23. The van der Waals surface area contributed by atoms with Gasteiger partial charge in [-0.3, -0.25) is 0 Å². The van der Waals surface area contributed by atoms with E-state index in [0.717, 1.165) is 19.6 Å². The Bertz CT molecular complexity index is 106. The zero-order valence-electron chi connectivity index (χ0n) is 6.25. The molecule has 0 bridgehead atoms. The molecule has 0 radical (unpaired) electrons. The van der Waals surface area contributed by atoms with Crippen LogP contribution in [0.2, 0.25) is 0 Å². The van der Waals surface area contributed by atoms with Gasteiger partial charge in [0.25, 0.3) is 0 Å². The fourth-order valence-corrected chi connectivity index (χ4v) is 1.10. The predicted molar refractivity (Wildman–Crippen MR) is 41.8 cm³/mol. The highest BCUT2D eigenvalue weighted by Gasteiger charge is 2.10. The van der Waals surface area contributed by atoms with Gasteiger partial charge in [-0.2, -0.15) is 0 Å². The topological polar surface area (TPSA) is 35.2 Å². The van der Waals surface area contributed by atoms with E-state index >= 15 is 0 Å². The van der Waals surface area contributed by atoms with Crippen LogP contribution in [0.5, 0.6) is 0 Å². The molecule has 1 heterocycles. The highest BCUT2D eigenvalue weighted by Crippen LogP contribution is 2.12. The minimum atomic E-state index is 0.381. The molecule has 1 aliphatic rings. The minimum Gasteiger partial charge on any atom is -0.374 e. The molecule has 1 saturated heterocycles. The van der Waals surface area contributed by atoms with Gasteiger partial charge in [-0.05, 0) is 25.8 Å². The van der Waals surface area contributed by atoms with Gasteiger partial charge in [0.2, 0.25) is 0 Å². The van der Waals surface area contributed by atoms with Crippen LogP contribution in [0.1, 0.15) is 19.3 Å². The van der Waals surface area contributed by atoms with Crippen LogP contribution >= 0.6 is 0 Å². The lowest BCUT2D eigenvalue weighted by atomic mass is 10.2. The Morgan fingerprint density at radius 2 is 2.50 bits per heavy atom. The van der Waals surface area contributed by atoms with Gasteiger partial charge < -0.3 is 10.5 Å². The summed E-state index contributed by atoms with van der Waals surface area (Å²) in [5, 5.41) is 0. The molecular formula is C8H15NO. The molecule has 58 valence electrons. The summed E-state index contributed by atoms with van der Waals surface area (Å²) < 4.78 is 5.37. The summed E-state index contributed by atoms with van der Waals surface area (Å²) >= 11 is 0. The molecule has 0 aromatic heterocycles. The molecule has 2 nitrogen and oxygen atoms in total. The van der Waals surface area contributed by atoms with Gasteiger partial charge in [-0.15, -0.1) is 0 Å². The maximum Gasteiger partial charge on any atom is 0.0756 e. The molecular weight excluding hydrogens is 126 g/mol. The lowest BCUT2D eigenvalue weighted by molar-refractivity contribution is 0.145. The lowest BCUT2D eigenvalue weighted by Gasteiger charge is -1.99. The van der Waals surface area contributed by atoms with E-state index in [2.05, 4.69) is 12.2 Å². The van der Waals surface area contributed by atoms with Crippen molar-refractivity contribution in [3.8, 4) is 0 Å². The van der Waals surface area contributed by atoms with Crippen molar-refractivity contribution < 1.29 is 4.74 Å². The molecule has 10 heavy (non-hydrogen) atoms. The summed E-state index contributed by atoms with van der Waals surface area (Å²) in [7, 11) is 0. The van der Waals surface area contributed by atoms with Crippen molar-refractivity contribution in [1.29, 1.82) is 0 Å². The molecule has 0 spiro atoms. The highest BCUT2D eigenvalue weighted by molar-refractivity contribution is 4.91. The first-order valence-corrected chi connectivity index (χ1v) is 3.92. The Morgan fingerprint density at radius 3 is 3.10 bits per heavy atom. The number of hydrogen-bond acceptors (Lipinski definition) is 2. The van der Waals surface area contributed by atoms with Gasteiger partial charge in [0, 0.05) is 6.61 Å². The molecule has 1 rings (SSSR count). The smallest absolute Gasteiger partial charge is 0.0756 e. The number of nitrogens with two attached hydrogens (primary N) is 1. The fraction of sp³-hybridized carbons (Fsp3) is 0.750. The Balaban J connectivity index is 2.10. The molecule has 1 aliphatic heterocycles. The minimum absolute atomic E-state index is 0.381. The van der Waals surface area contributed by atoms with E-state index in [4.69, 9.17) is 10.5 Å². The normalized spacial score (nSPS) is 26.3. The third-order valence-corrected chi connectivity index (χ3v) is 1.65. The molecule has 2 heteroatoms. The van der Waals surface area contributed by atoms with Crippen LogP contribution in [0.15, 0.2) is 12.2 Å². The molecule has 2 N–H and O–H groups in total. The Hall–Kier alpha value is -0.340. The maximum absolute atomic E-state index is 5.37. The monoisotopic (exact) mass is 141 g/mol. The molecule has 1 atom stereocenters. The average Bonchev–Trinajstić information content (AvgIpc) is 2.41. The van der Waals surface area contributed by atoms with Crippen LogP contribution < -0.4 is 5.73 Å². The standard InChI is InChI=1S/C8H15NO/c9-6-2-1-4-8-5-3-7-10-8/h1,4,8H,2-3,5-7,9H2/b4-1+. The van der Waals surface area contributed by atoms with Crippen molar-refractivity contribution in [3.05, 3.63) is 12.2 Å². The lowest BCUT2D eigenvalue weighted by Crippen LogP contribution is -2.00. The molecule has 0 aliphatic carbocycles. The average molecular weight is 141 g/mol. The quantitative estimate of drug-likeness (QED) is 0.597. The van der Waals surface area contributed by atoms with E-state index in [1.165, 1.54) is 12.8 Å². The van der Waals surface area contributed by atoms with Crippen LogP contribution in [0.25, 0.3) is 0 Å². The van der Waals surface area contributed by atoms with Gasteiger partial charge in [0.1, 0.15) is 0 Å². The molecule has 0 saturated carbocycles. The van der Waals surface area contributed by atoms with Crippen molar-refractivity contribution in [2.45, 2.75) is 25.4 Å². The fourth-order valence-electron chi connectivity index (χ4n) is 1.10. The molecule has 0 aromatic carbocycles. The van der Waals surface area contributed by atoms with E-state index in [1.54, 1.807) is 0 Å². The second-order valence-electron chi connectivity index (χ2n) is 2.56. The zero-order valence-corrected chi connectivity index (χ0v) is 6.25. The second kappa shape index (κ2) is 4.47. The third kappa shape index (κ3) is 2.50. The number of hydrogen-bond donors (Lipinski definition) is 1. The first kappa shape index (κ1) is 7.76. The second-order valence-corrected chi connectivity index (χ2v) is 2.56. The molecule has 1 fully saturated rings. The van der Waals surface area contributed by atoms with Crippen molar-refractivity contribution in [2.24, 2.45) is 5.73 Å². The van der Waals surface area contributed by atoms with Crippen LogP contribution in [-0.2, 0) is 4.74 Å². The van der Waals surface area contributed by atoms with E-state index in [1.807, 2.05) is 0 Å². The van der Waals surface area contributed by atoms with E-state index < -0.39 is 0 Å². The Kier molecular flexibility index (Phi) is 3.47. The summed E-state index contributed by atoms with van der Waals surface area (Å²) in [5.74, 6) is 0. The van der Waals surface area contributed by atoms with Crippen molar-refractivity contribution in [3.63, 3.8) is 0 Å². The first-order valence-electron chi connectivity index (χ1n) is 3.92.